The van der Waals surface area contributed by atoms with Crippen LogP contribution in [0.2, 0.25) is 0 Å². The zero-order valence-corrected chi connectivity index (χ0v) is 12.1. The molecule has 0 saturated heterocycles. The Kier molecular flexibility index (Phi) is 2.83. The number of hydrogen-bond acceptors (Lipinski definition) is 4. The number of benzene rings is 1. The van der Waals surface area contributed by atoms with E-state index >= 15 is 0 Å². The molecule has 1 N–H and O–H groups in total. The van der Waals surface area contributed by atoms with Crippen LogP contribution in [0.15, 0.2) is 12.1 Å². The van der Waals surface area contributed by atoms with Crippen molar-refractivity contribution >= 4 is 61.4 Å². The maximum Gasteiger partial charge on any atom is 0.410 e. The molecule has 1 aromatic carbocycles. The third kappa shape index (κ3) is 2.20. The number of halogens is 2. The van der Waals surface area contributed by atoms with Gasteiger partial charge in [0.25, 0.3) is 5.91 Å². The van der Waals surface area contributed by atoms with Crippen LogP contribution in [0.1, 0.15) is 10.4 Å². The Morgan fingerprint density at radius 1 is 1.27 bits per heavy atom. The lowest BCUT2D eigenvalue weighted by atomic mass is 10.2. The van der Waals surface area contributed by atoms with Crippen molar-refractivity contribution in [2.45, 2.75) is 0 Å². The van der Waals surface area contributed by atoms with E-state index in [0.717, 1.165) is 3.57 Å². The highest BCUT2D eigenvalue weighted by Gasteiger charge is 2.30. The quantitative estimate of drug-likeness (QED) is 0.604. The van der Waals surface area contributed by atoms with Crippen molar-refractivity contribution in [2.24, 2.45) is 0 Å². The van der Waals surface area contributed by atoms with Crippen LogP contribution in [0.25, 0.3) is 0 Å². The number of amides is 1. The monoisotopic (exact) mass is 451 g/mol. The minimum Gasteiger partial charge on any atom is -0.365 e. The van der Waals surface area contributed by atoms with E-state index in [1.54, 1.807) is 16.9 Å². The second-order valence-electron chi connectivity index (χ2n) is 2.73. The maximum absolute atomic E-state index is 11.4. The molecule has 0 bridgehead atoms. The lowest BCUT2D eigenvalue weighted by molar-refractivity contribution is 0.0970. The average Bonchev–Trinajstić information content (AvgIpc) is 2.06. The predicted molar refractivity (Wildman–Crippen MR) is 68.9 cm³/mol. The Bertz CT molecular complexity index is 554. The third-order valence-corrected chi connectivity index (χ3v) is 3.91. The van der Waals surface area contributed by atoms with Crippen LogP contribution >= 0.6 is 45.2 Å². The standard InChI is InChI=1S/C7H3I2NO4S/c8-3-1-4-6(5(9)2-3)14-15(12,13)10-7(4)11/h1-2H,(H,10,11). The average molecular weight is 451 g/mol. The Hall–Kier alpha value is -0.100. The van der Waals surface area contributed by atoms with Gasteiger partial charge in [-0.05, 0) is 57.3 Å². The minimum atomic E-state index is -3.99. The van der Waals surface area contributed by atoms with Crippen molar-refractivity contribution in [2.75, 3.05) is 0 Å². The number of carbonyl (C=O) groups is 1. The fraction of sp³-hybridized carbons (Fsp3) is 0. The van der Waals surface area contributed by atoms with Gasteiger partial charge in [0.05, 0.1) is 9.13 Å². The van der Waals surface area contributed by atoms with Gasteiger partial charge in [-0.15, -0.1) is 0 Å². The van der Waals surface area contributed by atoms with Gasteiger partial charge < -0.3 is 4.18 Å². The van der Waals surface area contributed by atoms with E-state index in [2.05, 4.69) is 0 Å². The lowest BCUT2D eigenvalue weighted by Gasteiger charge is -2.18. The van der Waals surface area contributed by atoms with Crippen molar-refractivity contribution in [3.8, 4) is 5.75 Å². The van der Waals surface area contributed by atoms with Gasteiger partial charge in [-0.2, -0.15) is 8.42 Å². The molecule has 0 spiro atoms. The highest BCUT2D eigenvalue weighted by atomic mass is 127. The predicted octanol–water partition coefficient (Wildman–Crippen LogP) is 1.26. The zero-order chi connectivity index (χ0) is 11.2. The summed E-state index contributed by atoms with van der Waals surface area (Å²) >= 11 is 3.96. The number of nitrogens with one attached hydrogen (secondary N) is 1. The van der Waals surface area contributed by atoms with E-state index < -0.39 is 16.2 Å². The summed E-state index contributed by atoms with van der Waals surface area (Å²) in [6, 6.07) is 3.30. The van der Waals surface area contributed by atoms with E-state index in [-0.39, 0.29) is 11.3 Å². The van der Waals surface area contributed by atoms with Crippen molar-refractivity contribution in [1.29, 1.82) is 0 Å². The fourth-order valence-corrected chi connectivity index (χ4v) is 3.99. The second kappa shape index (κ2) is 3.73. The summed E-state index contributed by atoms with van der Waals surface area (Å²) in [6.07, 6.45) is 0. The van der Waals surface area contributed by atoms with Gasteiger partial charge in [0, 0.05) is 3.57 Å². The Balaban J connectivity index is 2.70. The van der Waals surface area contributed by atoms with Gasteiger partial charge in [-0.25, -0.2) is 4.72 Å². The largest absolute Gasteiger partial charge is 0.410 e. The first-order chi connectivity index (χ1) is 6.89. The summed E-state index contributed by atoms with van der Waals surface area (Å²) in [5.41, 5.74) is 0.237. The van der Waals surface area contributed by atoms with Crippen LogP contribution in [-0.2, 0) is 10.3 Å². The maximum atomic E-state index is 11.4. The molecule has 1 aliphatic rings. The van der Waals surface area contributed by atoms with E-state index in [1.807, 2.05) is 45.2 Å². The molecular weight excluding hydrogens is 448 g/mol. The molecule has 80 valence electrons. The molecule has 8 heteroatoms. The summed E-state index contributed by atoms with van der Waals surface area (Å²) < 4.78 is 30.1. The Morgan fingerprint density at radius 3 is 2.60 bits per heavy atom. The molecule has 0 fully saturated rings. The molecule has 2 rings (SSSR count). The zero-order valence-electron chi connectivity index (χ0n) is 6.95. The molecule has 15 heavy (non-hydrogen) atoms. The molecule has 1 heterocycles. The molecule has 1 amide bonds. The molecule has 5 nitrogen and oxygen atoms in total. The normalized spacial score (nSPS) is 17.6. The molecule has 0 aliphatic carbocycles. The van der Waals surface area contributed by atoms with E-state index in [1.165, 1.54) is 0 Å². The lowest BCUT2D eigenvalue weighted by Crippen LogP contribution is -2.39. The van der Waals surface area contributed by atoms with Crippen molar-refractivity contribution in [3.63, 3.8) is 0 Å². The van der Waals surface area contributed by atoms with Gasteiger partial charge in [0.1, 0.15) is 0 Å². The van der Waals surface area contributed by atoms with Crippen LogP contribution in [0, 0.1) is 7.14 Å². The topological polar surface area (TPSA) is 72.5 Å². The van der Waals surface area contributed by atoms with Gasteiger partial charge in [-0.1, -0.05) is 0 Å². The minimum absolute atomic E-state index is 0.0970. The summed E-state index contributed by atoms with van der Waals surface area (Å²) in [5, 5.41) is 0. The van der Waals surface area contributed by atoms with Gasteiger partial charge in [0.2, 0.25) is 0 Å². The fourth-order valence-electron chi connectivity index (χ4n) is 1.11. The van der Waals surface area contributed by atoms with E-state index in [0.29, 0.717) is 3.57 Å². The van der Waals surface area contributed by atoms with Crippen LogP contribution in [0.4, 0.5) is 0 Å². The highest BCUT2D eigenvalue weighted by Crippen LogP contribution is 2.31. The van der Waals surface area contributed by atoms with Gasteiger partial charge >= 0.3 is 10.3 Å². The van der Waals surface area contributed by atoms with Crippen LogP contribution in [0.5, 0.6) is 5.75 Å². The highest BCUT2D eigenvalue weighted by molar-refractivity contribution is 14.1. The first-order valence-electron chi connectivity index (χ1n) is 3.65. The smallest absolute Gasteiger partial charge is 0.365 e. The van der Waals surface area contributed by atoms with Crippen LogP contribution in [-0.4, -0.2) is 14.3 Å². The van der Waals surface area contributed by atoms with Crippen molar-refractivity contribution in [1.82, 2.24) is 4.72 Å². The second-order valence-corrected chi connectivity index (χ2v) is 6.42. The van der Waals surface area contributed by atoms with Crippen LogP contribution in [0.3, 0.4) is 0 Å². The van der Waals surface area contributed by atoms with Crippen molar-refractivity contribution in [3.05, 3.63) is 24.8 Å². The summed E-state index contributed by atoms with van der Waals surface area (Å²) in [4.78, 5) is 11.4. The molecule has 0 saturated carbocycles. The number of carbonyl (C=O) groups excluding carboxylic acids is 1. The van der Waals surface area contributed by atoms with Crippen molar-refractivity contribution < 1.29 is 17.4 Å². The van der Waals surface area contributed by atoms with Gasteiger partial charge in [0.15, 0.2) is 5.75 Å². The molecule has 0 aromatic heterocycles. The number of fused-ring (bicyclic) bond motifs is 1. The molecule has 1 aliphatic heterocycles. The third-order valence-electron chi connectivity index (χ3n) is 1.66. The number of hydrogen-bond donors (Lipinski definition) is 1. The SMILES string of the molecule is O=C1NS(=O)(=O)Oc2c(I)cc(I)cc21. The molecule has 0 unspecified atom stereocenters. The summed E-state index contributed by atoms with van der Waals surface area (Å²) in [7, 11) is -3.99. The first-order valence-corrected chi connectivity index (χ1v) is 7.21. The molecule has 1 aromatic rings. The Morgan fingerprint density at radius 2 is 1.93 bits per heavy atom. The van der Waals surface area contributed by atoms with Crippen LogP contribution < -0.4 is 8.91 Å². The first kappa shape index (κ1) is 11.4. The number of rotatable bonds is 0. The Labute approximate surface area is 113 Å². The van der Waals surface area contributed by atoms with Gasteiger partial charge in [-0.3, -0.25) is 4.79 Å². The molecular formula is C7H3I2NO4S. The van der Waals surface area contributed by atoms with E-state index in [4.69, 9.17) is 4.18 Å². The molecule has 0 radical (unpaired) electrons. The summed E-state index contributed by atoms with van der Waals surface area (Å²) in [6.45, 7) is 0. The van der Waals surface area contributed by atoms with E-state index in [9.17, 15) is 13.2 Å². The molecule has 0 atom stereocenters. The summed E-state index contributed by atoms with van der Waals surface area (Å²) in [5.74, 6) is -0.563.